The third-order valence-electron chi connectivity index (χ3n) is 2.79. The fraction of sp³-hybridized carbons (Fsp3) is 0.0833. The first-order chi connectivity index (χ1) is 9.15. The maximum absolute atomic E-state index is 6.21. The average Bonchev–Trinajstić information content (AvgIpc) is 2.78. The van der Waals surface area contributed by atoms with Crippen LogP contribution in [0.25, 0.3) is 11.2 Å². The predicted octanol–water partition coefficient (Wildman–Crippen LogP) is 2.87. The normalized spacial score (nSPS) is 11.1. The van der Waals surface area contributed by atoms with E-state index in [-0.39, 0.29) is 0 Å². The Morgan fingerprint density at radius 1 is 1.26 bits per heavy atom. The number of fused-ring (bicyclic) bond motifs is 1. The first-order valence-electron chi connectivity index (χ1n) is 5.50. The van der Waals surface area contributed by atoms with Crippen LogP contribution in [0.1, 0.15) is 5.56 Å². The largest absolute Gasteiger partial charge is 0.382 e. The molecule has 0 fully saturated rings. The Kier molecular flexibility index (Phi) is 3.12. The van der Waals surface area contributed by atoms with E-state index < -0.39 is 0 Å². The van der Waals surface area contributed by atoms with Gasteiger partial charge in [0.25, 0.3) is 0 Å². The highest BCUT2D eigenvalue weighted by atomic mass is 79.9. The summed E-state index contributed by atoms with van der Waals surface area (Å²) in [6.45, 7) is 0.582. The van der Waals surface area contributed by atoms with Gasteiger partial charge in [-0.3, -0.25) is 0 Å². The SMILES string of the molecule is Nc1ncnc2c1ncn2Cc1ccc(Br)cc1Cl. The standard InChI is InChI=1S/C12H9BrClN5/c13-8-2-1-7(9(14)3-8)4-19-6-18-10-11(15)16-5-17-12(10)19/h1-3,5-6H,4H2,(H2,15,16,17). The Hall–Kier alpha value is -1.66. The Labute approximate surface area is 122 Å². The number of hydrogen-bond donors (Lipinski definition) is 1. The Balaban J connectivity index is 2.04. The van der Waals surface area contributed by atoms with Gasteiger partial charge < -0.3 is 10.3 Å². The summed E-state index contributed by atoms with van der Waals surface area (Å²) < 4.78 is 2.84. The first kappa shape index (κ1) is 12.4. The van der Waals surface area contributed by atoms with Gasteiger partial charge in [-0.25, -0.2) is 15.0 Å². The first-order valence-corrected chi connectivity index (χ1v) is 6.67. The fourth-order valence-corrected chi connectivity index (χ4v) is 2.58. The molecule has 0 saturated heterocycles. The van der Waals surface area contributed by atoms with Crippen LogP contribution in [0, 0.1) is 0 Å². The quantitative estimate of drug-likeness (QED) is 0.780. The molecule has 19 heavy (non-hydrogen) atoms. The molecule has 0 radical (unpaired) electrons. The van der Waals surface area contributed by atoms with Crippen LogP contribution in [0.15, 0.2) is 35.3 Å². The van der Waals surface area contributed by atoms with Crippen molar-refractivity contribution < 1.29 is 0 Å². The van der Waals surface area contributed by atoms with E-state index in [0.29, 0.717) is 28.5 Å². The van der Waals surface area contributed by atoms with Crippen LogP contribution < -0.4 is 5.73 Å². The van der Waals surface area contributed by atoms with Crippen LogP contribution in [0.5, 0.6) is 0 Å². The van der Waals surface area contributed by atoms with Gasteiger partial charge in [0, 0.05) is 9.50 Å². The van der Waals surface area contributed by atoms with Crippen LogP contribution in [0.2, 0.25) is 5.02 Å². The van der Waals surface area contributed by atoms with Crippen LogP contribution >= 0.6 is 27.5 Å². The van der Waals surface area contributed by atoms with Crippen molar-refractivity contribution in [2.45, 2.75) is 6.54 Å². The number of imidazole rings is 1. The summed E-state index contributed by atoms with van der Waals surface area (Å²) in [5.74, 6) is 0.380. The molecular weight excluding hydrogens is 330 g/mol. The summed E-state index contributed by atoms with van der Waals surface area (Å²) >= 11 is 9.59. The number of nitrogens with zero attached hydrogens (tertiary/aromatic N) is 4. The molecule has 0 aliphatic rings. The van der Waals surface area contributed by atoms with Gasteiger partial charge >= 0.3 is 0 Å². The number of aromatic nitrogens is 4. The lowest BCUT2D eigenvalue weighted by Gasteiger charge is -2.06. The number of halogens is 2. The molecule has 0 aliphatic carbocycles. The highest BCUT2D eigenvalue weighted by Crippen LogP contribution is 2.23. The summed E-state index contributed by atoms with van der Waals surface area (Å²) in [6.07, 6.45) is 3.12. The van der Waals surface area contributed by atoms with Gasteiger partial charge in [-0.15, -0.1) is 0 Å². The van der Waals surface area contributed by atoms with Crippen LogP contribution in [0.3, 0.4) is 0 Å². The zero-order valence-electron chi connectivity index (χ0n) is 9.72. The second-order valence-corrected chi connectivity index (χ2v) is 5.36. The van der Waals surface area contributed by atoms with Crippen molar-refractivity contribution in [3.05, 3.63) is 45.9 Å². The number of nitrogen functional groups attached to an aromatic ring is 1. The van der Waals surface area contributed by atoms with Gasteiger partial charge in [0.15, 0.2) is 11.5 Å². The van der Waals surface area contributed by atoms with Gasteiger partial charge in [0.2, 0.25) is 0 Å². The summed E-state index contributed by atoms with van der Waals surface area (Å²) in [6, 6.07) is 5.77. The van der Waals surface area contributed by atoms with Crippen molar-refractivity contribution in [1.82, 2.24) is 19.5 Å². The summed E-state index contributed by atoms with van der Waals surface area (Å²) in [4.78, 5) is 12.3. The second kappa shape index (κ2) is 4.79. The lowest BCUT2D eigenvalue weighted by Crippen LogP contribution is -2.01. The minimum atomic E-state index is 0.380. The van der Waals surface area contributed by atoms with Crippen molar-refractivity contribution in [1.29, 1.82) is 0 Å². The maximum atomic E-state index is 6.21. The lowest BCUT2D eigenvalue weighted by molar-refractivity contribution is 0.813. The Morgan fingerprint density at radius 3 is 2.89 bits per heavy atom. The van der Waals surface area contributed by atoms with Crippen LogP contribution in [-0.2, 0) is 6.54 Å². The molecule has 0 saturated carbocycles. The van der Waals surface area contributed by atoms with E-state index >= 15 is 0 Å². The molecule has 5 nitrogen and oxygen atoms in total. The van der Waals surface area contributed by atoms with Crippen molar-refractivity contribution in [2.75, 3.05) is 5.73 Å². The number of nitrogens with two attached hydrogens (primary N) is 1. The summed E-state index contributed by atoms with van der Waals surface area (Å²) in [5.41, 5.74) is 8.05. The smallest absolute Gasteiger partial charge is 0.165 e. The molecule has 0 amide bonds. The Bertz CT molecular complexity index is 755. The fourth-order valence-electron chi connectivity index (χ4n) is 1.85. The van der Waals surface area contributed by atoms with Crippen molar-refractivity contribution in [3.8, 4) is 0 Å². The van der Waals surface area contributed by atoms with E-state index in [4.69, 9.17) is 17.3 Å². The molecule has 0 unspecified atom stereocenters. The third kappa shape index (κ3) is 2.29. The van der Waals surface area contributed by atoms with Crippen molar-refractivity contribution in [2.24, 2.45) is 0 Å². The molecule has 2 N–H and O–H groups in total. The molecule has 3 rings (SSSR count). The zero-order chi connectivity index (χ0) is 13.4. The minimum absolute atomic E-state index is 0.380. The van der Waals surface area contributed by atoms with E-state index in [2.05, 4.69) is 30.9 Å². The number of benzene rings is 1. The van der Waals surface area contributed by atoms with E-state index in [9.17, 15) is 0 Å². The zero-order valence-corrected chi connectivity index (χ0v) is 12.1. The van der Waals surface area contributed by atoms with E-state index in [1.54, 1.807) is 6.33 Å². The highest BCUT2D eigenvalue weighted by molar-refractivity contribution is 9.10. The molecule has 0 bridgehead atoms. The van der Waals surface area contributed by atoms with E-state index in [1.807, 2.05) is 22.8 Å². The molecule has 96 valence electrons. The number of anilines is 1. The van der Waals surface area contributed by atoms with Crippen molar-refractivity contribution >= 4 is 44.5 Å². The number of rotatable bonds is 2. The second-order valence-electron chi connectivity index (χ2n) is 4.04. The van der Waals surface area contributed by atoms with Crippen molar-refractivity contribution in [3.63, 3.8) is 0 Å². The molecule has 1 aromatic carbocycles. The molecule has 2 aromatic heterocycles. The number of hydrogen-bond acceptors (Lipinski definition) is 4. The minimum Gasteiger partial charge on any atom is -0.382 e. The van der Waals surface area contributed by atoms with Crippen LogP contribution in [0.4, 0.5) is 5.82 Å². The van der Waals surface area contributed by atoms with Gasteiger partial charge in [-0.05, 0) is 17.7 Å². The molecule has 2 heterocycles. The van der Waals surface area contributed by atoms with E-state index in [0.717, 1.165) is 10.0 Å². The molecule has 7 heteroatoms. The lowest BCUT2D eigenvalue weighted by atomic mass is 10.2. The molecule has 0 spiro atoms. The van der Waals surface area contributed by atoms with E-state index in [1.165, 1.54) is 6.33 Å². The topological polar surface area (TPSA) is 69.6 Å². The van der Waals surface area contributed by atoms with Crippen LogP contribution in [-0.4, -0.2) is 19.5 Å². The molecule has 0 aliphatic heterocycles. The highest BCUT2D eigenvalue weighted by Gasteiger charge is 2.09. The summed E-state index contributed by atoms with van der Waals surface area (Å²) in [7, 11) is 0. The van der Waals surface area contributed by atoms with Gasteiger partial charge in [-0.1, -0.05) is 33.6 Å². The monoisotopic (exact) mass is 337 g/mol. The molecule has 0 atom stereocenters. The van der Waals surface area contributed by atoms with Gasteiger partial charge in [0.1, 0.15) is 11.8 Å². The van der Waals surface area contributed by atoms with Gasteiger partial charge in [-0.2, -0.15) is 0 Å². The average molecular weight is 339 g/mol. The molecule has 3 aromatic rings. The Morgan fingerprint density at radius 2 is 2.11 bits per heavy atom. The maximum Gasteiger partial charge on any atom is 0.165 e. The van der Waals surface area contributed by atoms with Gasteiger partial charge in [0.05, 0.1) is 12.9 Å². The molecular formula is C12H9BrClN5. The summed E-state index contributed by atoms with van der Waals surface area (Å²) in [5, 5.41) is 0.693. The predicted molar refractivity (Wildman–Crippen MR) is 78.0 cm³/mol. The third-order valence-corrected chi connectivity index (χ3v) is 3.63.